The highest BCUT2D eigenvalue weighted by Gasteiger charge is 2.37. The maximum atomic E-state index is 13.4. The van der Waals surface area contributed by atoms with Gasteiger partial charge < -0.3 is 24.5 Å². The number of carbonyl (C=O) groups excluding carboxylic acids is 2. The monoisotopic (exact) mass is 563 g/mol. The van der Waals surface area contributed by atoms with E-state index in [9.17, 15) is 14.7 Å². The number of rotatable bonds is 4. The second-order valence-electron chi connectivity index (χ2n) is 12.9. The van der Waals surface area contributed by atoms with E-state index in [4.69, 9.17) is 14.5 Å². The van der Waals surface area contributed by atoms with Gasteiger partial charge in [0.05, 0.1) is 31.1 Å². The van der Waals surface area contributed by atoms with E-state index in [1.54, 1.807) is 16.0 Å². The molecule has 2 amide bonds. The molecule has 0 saturated carbocycles. The molecule has 4 heterocycles. The van der Waals surface area contributed by atoms with Crippen LogP contribution in [0.2, 0.25) is 0 Å². The zero-order valence-corrected chi connectivity index (χ0v) is 25.1. The first kappa shape index (κ1) is 29.0. The first-order valence-corrected chi connectivity index (χ1v) is 14.3. The van der Waals surface area contributed by atoms with Crippen molar-refractivity contribution in [3.05, 3.63) is 46.8 Å². The predicted octanol–water partition coefficient (Wildman–Crippen LogP) is 4.71. The summed E-state index contributed by atoms with van der Waals surface area (Å²) in [4.78, 5) is 42.7. The number of nitrogens with one attached hydrogen (secondary N) is 1. The van der Waals surface area contributed by atoms with Crippen LogP contribution in [0, 0.1) is 0 Å². The molecule has 1 fully saturated rings. The van der Waals surface area contributed by atoms with E-state index in [0.717, 1.165) is 44.7 Å². The lowest BCUT2D eigenvalue weighted by atomic mass is 9.87. The molecular weight excluding hydrogens is 522 g/mol. The summed E-state index contributed by atoms with van der Waals surface area (Å²) in [5.74, 6) is -0.0412. The van der Waals surface area contributed by atoms with Crippen LogP contribution >= 0.6 is 0 Å². The van der Waals surface area contributed by atoms with Gasteiger partial charge in [-0.3, -0.25) is 9.69 Å². The average Bonchev–Trinajstić information content (AvgIpc) is 3.34. The largest absolute Gasteiger partial charge is 0.444 e. The van der Waals surface area contributed by atoms with E-state index < -0.39 is 23.3 Å². The Hall–Kier alpha value is -3.50. The van der Waals surface area contributed by atoms with Crippen molar-refractivity contribution < 1.29 is 24.2 Å². The van der Waals surface area contributed by atoms with Gasteiger partial charge in [-0.15, -0.1) is 0 Å². The predicted molar refractivity (Wildman–Crippen MR) is 155 cm³/mol. The fourth-order valence-corrected chi connectivity index (χ4v) is 5.59. The molecule has 1 atom stereocenters. The molecule has 1 saturated heterocycles. The van der Waals surface area contributed by atoms with Crippen molar-refractivity contribution in [3.63, 3.8) is 0 Å². The molecule has 10 heteroatoms. The van der Waals surface area contributed by atoms with Crippen molar-refractivity contribution in [3.8, 4) is 11.3 Å². The van der Waals surface area contributed by atoms with Gasteiger partial charge in [-0.1, -0.05) is 13.8 Å². The molecule has 2 N–H and O–H groups in total. The smallest absolute Gasteiger partial charge is 0.410 e. The highest BCUT2D eigenvalue weighted by Crippen LogP contribution is 2.37. The lowest BCUT2D eigenvalue weighted by Gasteiger charge is -2.40. The molecule has 2 aromatic heterocycles. The molecule has 220 valence electrons. The molecule has 3 aromatic rings. The first-order valence-electron chi connectivity index (χ1n) is 14.3. The number of aliphatic hydroxyl groups is 1. The second-order valence-corrected chi connectivity index (χ2v) is 12.9. The van der Waals surface area contributed by atoms with E-state index in [0.29, 0.717) is 39.3 Å². The molecule has 0 spiro atoms. The first-order chi connectivity index (χ1) is 19.2. The summed E-state index contributed by atoms with van der Waals surface area (Å²) >= 11 is 0. The molecule has 2 aliphatic rings. The fraction of sp³-hybridized carbons (Fsp3) is 0.548. The summed E-state index contributed by atoms with van der Waals surface area (Å²) in [6, 6.07) is 3.74. The van der Waals surface area contributed by atoms with Crippen molar-refractivity contribution in [2.45, 2.75) is 84.6 Å². The number of nitrogens with zero attached hydrogens (tertiary/aromatic N) is 4. The number of hydrogen-bond acceptors (Lipinski definition) is 7. The van der Waals surface area contributed by atoms with Gasteiger partial charge in [0.2, 0.25) is 0 Å². The van der Waals surface area contributed by atoms with Crippen LogP contribution in [0.1, 0.15) is 82.7 Å². The van der Waals surface area contributed by atoms with Crippen molar-refractivity contribution in [2.24, 2.45) is 0 Å². The molecule has 1 aromatic carbocycles. The number of morpholine rings is 1. The Kier molecular flexibility index (Phi) is 7.59. The molecule has 10 nitrogen and oxygen atoms in total. The minimum Gasteiger partial charge on any atom is -0.444 e. The number of benzene rings is 1. The van der Waals surface area contributed by atoms with Gasteiger partial charge in [0.15, 0.2) is 5.65 Å². The van der Waals surface area contributed by atoms with Crippen LogP contribution in [-0.4, -0.2) is 79.4 Å². The molecular formula is C31H41N5O5. The summed E-state index contributed by atoms with van der Waals surface area (Å²) in [5, 5.41) is 10.5. The highest BCUT2D eigenvalue weighted by molar-refractivity contribution is 5.84. The van der Waals surface area contributed by atoms with Gasteiger partial charge in [0.25, 0.3) is 5.91 Å². The van der Waals surface area contributed by atoms with Crippen LogP contribution in [-0.2, 0) is 27.2 Å². The van der Waals surface area contributed by atoms with Gasteiger partial charge in [0, 0.05) is 37.0 Å². The minimum atomic E-state index is -1.48. The maximum absolute atomic E-state index is 13.4. The molecule has 41 heavy (non-hydrogen) atoms. The quantitative estimate of drug-likeness (QED) is 0.472. The molecule has 0 bridgehead atoms. The maximum Gasteiger partial charge on any atom is 0.410 e. The number of fused-ring (bicyclic) bond motifs is 2. The zero-order chi connectivity index (χ0) is 29.7. The van der Waals surface area contributed by atoms with Gasteiger partial charge in [0.1, 0.15) is 16.7 Å². The Bertz CT molecular complexity index is 1470. The standard InChI is InChI=1S/C31H41N5O5/c1-18(2)22-14-32-27-26(22)34-24(15-33-27)20-12-19-8-9-35(28(37)31(6,7)39)16-23(19)21(13-20)25-17-40-11-10-36(25)29(38)41-30(3,4)5/h12-15,18,25,39H,8-11,16-17H2,1-7H3,(H,32,33)/t25-/m0/s1. The van der Waals surface area contributed by atoms with Crippen LogP contribution in [0.15, 0.2) is 24.5 Å². The highest BCUT2D eigenvalue weighted by atomic mass is 16.6. The van der Waals surface area contributed by atoms with E-state index >= 15 is 0 Å². The molecule has 0 unspecified atom stereocenters. The Balaban J connectivity index is 1.63. The lowest BCUT2D eigenvalue weighted by molar-refractivity contribution is -0.148. The number of aromatic nitrogens is 3. The van der Waals surface area contributed by atoms with Crippen LogP contribution in [0.4, 0.5) is 4.79 Å². The average molecular weight is 564 g/mol. The normalized spacial score (nSPS) is 18.1. The Morgan fingerprint density at radius 2 is 1.93 bits per heavy atom. The molecule has 0 radical (unpaired) electrons. The lowest BCUT2D eigenvalue weighted by Crippen LogP contribution is -2.48. The van der Waals surface area contributed by atoms with E-state index in [2.05, 4.69) is 29.9 Å². The van der Waals surface area contributed by atoms with E-state index in [1.807, 2.05) is 33.0 Å². The number of amides is 2. The third-order valence-electron chi connectivity index (χ3n) is 7.63. The van der Waals surface area contributed by atoms with Crippen molar-refractivity contribution >= 4 is 23.2 Å². The van der Waals surface area contributed by atoms with Crippen molar-refractivity contribution in [2.75, 3.05) is 26.3 Å². The van der Waals surface area contributed by atoms with E-state index in [-0.39, 0.29) is 11.8 Å². The third-order valence-corrected chi connectivity index (χ3v) is 7.63. The van der Waals surface area contributed by atoms with Crippen LogP contribution in [0.25, 0.3) is 22.4 Å². The number of H-pyrrole nitrogens is 1. The van der Waals surface area contributed by atoms with Gasteiger partial charge in [-0.25, -0.2) is 14.8 Å². The van der Waals surface area contributed by atoms with Gasteiger partial charge >= 0.3 is 6.09 Å². The van der Waals surface area contributed by atoms with Crippen LogP contribution < -0.4 is 0 Å². The van der Waals surface area contributed by atoms with Gasteiger partial charge in [-0.2, -0.15) is 0 Å². The number of ether oxygens (including phenoxy) is 2. The summed E-state index contributed by atoms with van der Waals surface area (Å²) in [6.07, 6.45) is 3.93. The zero-order valence-electron chi connectivity index (χ0n) is 25.1. The van der Waals surface area contributed by atoms with Crippen molar-refractivity contribution in [1.29, 1.82) is 0 Å². The second kappa shape index (κ2) is 10.7. The van der Waals surface area contributed by atoms with Crippen LogP contribution in [0.5, 0.6) is 0 Å². The van der Waals surface area contributed by atoms with E-state index in [1.165, 1.54) is 13.8 Å². The summed E-state index contributed by atoms with van der Waals surface area (Å²) in [7, 11) is 0. The van der Waals surface area contributed by atoms with Gasteiger partial charge in [-0.05, 0) is 75.8 Å². The Morgan fingerprint density at radius 1 is 1.17 bits per heavy atom. The summed E-state index contributed by atoms with van der Waals surface area (Å²) in [6.45, 7) is 14.7. The molecule has 0 aliphatic carbocycles. The summed E-state index contributed by atoms with van der Waals surface area (Å²) < 4.78 is 11.7. The molecule has 2 aliphatic heterocycles. The number of aromatic amines is 1. The number of hydrogen-bond donors (Lipinski definition) is 2. The molecule has 5 rings (SSSR count). The SMILES string of the molecule is CC(C)c1c[nH]c2ncc(-c3cc4c(c([C@@H]5COCCN5C(=O)OC(C)(C)C)c3)CN(C(=O)C(C)(C)O)CC4)nc12. The van der Waals surface area contributed by atoms with Crippen molar-refractivity contribution in [1.82, 2.24) is 24.8 Å². The minimum absolute atomic E-state index is 0.286. The topological polar surface area (TPSA) is 121 Å². The number of carbonyl (C=O) groups is 2. The Morgan fingerprint density at radius 3 is 2.61 bits per heavy atom. The summed E-state index contributed by atoms with van der Waals surface area (Å²) in [5.41, 5.74) is 5.10. The van der Waals surface area contributed by atoms with Crippen LogP contribution in [0.3, 0.4) is 0 Å². The third kappa shape index (κ3) is 5.94. The fourth-order valence-electron chi connectivity index (χ4n) is 5.59. The Labute approximate surface area is 241 Å².